The van der Waals surface area contributed by atoms with Gasteiger partial charge in [0.05, 0.1) is 0 Å². The van der Waals surface area contributed by atoms with Crippen molar-refractivity contribution in [2.45, 2.75) is 6.42 Å². The molecule has 3 heteroatoms. The molecule has 0 spiro atoms. The van der Waals surface area contributed by atoms with Crippen LogP contribution in [0.4, 0.5) is 0 Å². The van der Waals surface area contributed by atoms with Crippen LogP contribution in [0.2, 0.25) is 0 Å². The summed E-state index contributed by atoms with van der Waals surface area (Å²) >= 11 is 0. The third-order valence-corrected chi connectivity index (χ3v) is 4.50. The Morgan fingerprint density at radius 3 is 1.96 bits per heavy atom. The number of fused-ring (bicyclic) bond motifs is 4. The summed E-state index contributed by atoms with van der Waals surface area (Å²) in [5.41, 5.74) is 12.3. The van der Waals surface area contributed by atoms with Crippen molar-refractivity contribution in [3.63, 3.8) is 0 Å². The van der Waals surface area contributed by atoms with E-state index in [0.717, 1.165) is 17.3 Å². The summed E-state index contributed by atoms with van der Waals surface area (Å²) in [6.45, 7) is 0. The molecule has 0 fully saturated rings. The SMILES string of the molecule is NC(=O)c1cc2ccccc2[nH]1.c1ccc2c(c1)Cc1ccccc1-2. The summed E-state index contributed by atoms with van der Waals surface area (Å²) in [6, 6.07) is 26.7. The topological polar surface area (TPSA) is 58.9 Å². The zero-order valence-electron chi connectivity index (χ0n) is 13.7. The van der Waals surface area contributed by atoms with Crippen molar-refractivity contribution < 1.29 is 4.79 Å². The highest BCUT2D eigenvalue weighted by atomic mass is 16.1. The van der Waals surface area contributed by atoms with Crippen LogP contribution in [0.15, 0.2) is 78.9 Å². The van der Waals surface area contributed by atoms with Gasteiger partial charge in [0, 0.05) is 10.9 Å². The molecular formula is C22H18N2O. The highest BCUT2D eigenvalue weighted by Crippen LogP contribution is 2.35. The zero-order chi connectivity index (χ0) is 17.2. The number of H-pyrrole nitrogens is 1. The third-order valence-electron chi connectivity index (χ3n) is 4.50. The average Bonchev–Trinajstić information content (AvgIpc) is 3.24. The third kappa shape index (κ3) is 2.92. The smallest absolute Gasteiger partial charge is 0.265 e. The number of rotatable bonds is 1. The lowest BCUT2D eigenvalue weighted by Gasteiger charge is -1.98. The predicted octanol–water partition coefficient (Wildman–Crippen LogP) is 4.52. The van der Waals surface area contributed by atoms with Gasteiger partial charge in [-0.05, 0) is 40.8 Å². The van der Waals surface area contributed by atoms with Crippen molar-refractivity contribution in [1.82, 2.24) is 4.98 Å². The van der Waals surface area contributed by atoms with E-state index in [2.05, 4.69) is 53.5 Å². The second kappa shape index (κ2) is 6.29. The molecule has 0 saturated carbocycles. The number of para-hydroxylation sites is 1. The maximum absolute atomic E-state index is 10.8. The number of carbonyl (C=O) groups is 1. The standard InChI is InChI=1S/C13H10.C9H8N2O/c1-3-7-12-10(5-1)9-11-6-2-4-8-13(11)12;10-9(12)8-5-6-3-1-2-4-7(6)11-8/h1-8H,9H2;1-5,11H,(H2,10,12). The molecule has 3 aromatic carbocycles. The largest absolute Gasteiger partial charge is 0.364 e. The minimum absolute atomic E-state index is 0.425. The Bertz CT molecular complexity index is 986. The first-order chi connectivity index (χ1) is 12.2. The Morgan fingerprint density at radius 2 is 1.36 bits per heavy atom. The molecule has 0 atom stereocenters. The minimum Gasteiger partial charge on any atom is -0.364 e. The molecular weight excluding hydrogens is 308 g/mol. The lowest BCUT2D eigenvalue weighted by atomic mass is 10.1. The number of carbonyl (C=O) groups excluding carboxylic acids is 1. The summed E-state index contributed by atoms with van der Waals surface area (Å²) < 4.78 is 0. The Morgan fingerprint density at radius 1 is 0.800 bits per heavy atom. The molecule has 3 N–H and O–H groups in total. The molecule has 0 bridgehead atoms. The summed E-state index contributed by atoms with van der Waals surface area (Å²) in [6.07, 6.45) is 1.10. The van der Waals surface area contributed by atoms with Gasteiger partial charge in [0.25, 0.3) is 5.91 Å². The van der Waals surface area contributed by atoms with Crippen LogP contribution < -0.4 is 5.73 Å². The van der Waals surface area contributed by atoms with E-state index in [-0.39, 0.29) is 0 Å². The molecule has 1 heterocycles. The van der Waals surface area contributed by atoms with Gasteiger partial charge in [-0.15, -0.1) is 0 Å². The average molecular weight is 326 g/mol. The highest BCUT2D eigenvalue weighted by Gasteiger charge is 2.15. The summed E-state index contributed by atoms with van der Waals surface area (Å²) in [5, 5.41) is 1.01. The van der Waals surface area contributed by atoms with E-state index in [4.69, 9.17) is 5.73 Å². The van der Waals surface area contributed by atoms with Gasteiger partial charge < -0.3 is 10.7 Å². The molecule has 122 valence electrons. The Kier molecular flexibility index (Phi) is 3.82. The van der Waals surface area contributed by atoms with E-state index in [0.29, 0.717) is 5.69 Å². The second-order valence-electron chi connectivity index (χ2n) is 6.13. The highest BCUT2D eigenvalue weighted by molar-refractivity contribution is 5.96. The lowest BCUT2D eigenvalue weighted by Crippen LogP contribution is -2.10. The number of amides is 1. The molecule has 4 aromatic rings. The predicted molar refractivity (Wildman–Crippen MR) is 102 cm³/mol. The molecule has 0 radical (unpaired) electrons. The number of primary amides is 1. The van der Waals surface area contributed by atoms with Crippen molar-refractivity contribution in [1.29, 1.82) is 0 Å². The van der Waals surface area contributed by atoms with Gasteiger partial charge in [-0.2, -0.15) is 0 Å². The van der Waals surface area contributed by atoms with Crippen molar-refractivity contribution in [3.8, 4) is 11.1 Å². The maximum atomic E-state index is 10.8. The van der Waals surface area contributed by atoms with Crippen molar-refractivity contribution in [3.05, 3.63) is 95.7 Å². The molecule has 0 aliphatic heterocycles. The van der Waals surface area contributed by atoms with Crippen molar-refractivity contribution in [2.75, 3.05) is 0 Å². The van der Waals surface area contributed by atoms with Gasteiger partial charge in [0.15, 0.2) is 0 Å². The normalized spacial score (nSPS) is 11.4. The molecule has 25 heavy (non-hydrogen) atoms. The Hall–Kier alpha value is -3.33. The number of benzene rings is 3. The van der Waals surface area contributed by atoms with Gasteiger partial charge in [0.1, 0.15) is 5.69 Å². The van der Waals surface area contributed by atoms with Gasteiger partial charge >= 0.3 is 0 Å². The fourth-order valence-electron chi connectivity index (χ4n) is 3.29. The van der Waals surface area contributed by atoms with Crippen LogP contribution >= 0.6 is 0 Å². The van der Waals surface area contributed by atoms with E-state index < -0.39 is 5.91 Å². The monoisotopic (exact) mass is 326 g/mol. The van der Waals surface area contributed by atoms with Crippen LogP contribution in [0.3, 0.4) is 0 Å². The van der Waals surface area contributed by atoms with Crippen LogP contribution in [-0.2, 0) is 6.42 Å². The lowest BCUT2D eigenvalue weighted by molar-refractivity contribution is 0.0996. The van der Waals surface area contributed by atoms with Crippen LogP contribution in [0.25, 0.3) is 22.0 Å². The van der Waals surface area contributed by atoms with E-state index >= 15 is 0 Å². The summed E-state index contributed by atoms with van der Waals surface area (Å²) in [7, 11) is 0. The molecule has 3 nitrogen and oxygen atoms in total. The first-order valence-corrected chi connectivity index (χ1v) is 8.26. The number of aromatic nitrogens is 1. The second-order valence-corrected chi connectivity index (χ2v) is 6.13. The van der Waals surface area contributed by atoms with Crippen LogP contribution in [0, 0.1) is 0 Å². The molecule has 5 rings (SSSR count). The van der Waals surface area contributed by atoms with Crippen LogP contribution in [-0.4, -0.2) is 10.9 Å². The van der Waals surface area contributed by atoms with Gasteiger partial charge in [-0.3, -0.25) is 4.79 Å². The minimum atomic E-state index is -0.425. The summed E-state index contributed by atoms with van der Waals surface area (Å²) in [4.78, 5) is 13.7. The van der Waals surface area contributed by atoms with Gasteiger partial charge in [0.2, 0.25) is 0 Å². The number of nitrogens with one attached hydrogen (secondary N) is 1. The zero-order valence-corrected chi connectivity index (χ0v) is 13.7. The van der Waals surface area contributed by atoms with E-state index in [1.807, 2.05) is 24.3 Å². The number of aromatic amines is 1. The van der Waals surface area contributed by atoms with Crippen LogP contribution in [0.5, 0.6) is 0 Å². The van der Waals surface area contributed by atoms with Gasteiger partial charge in [-0.25, -0.2) is 0 Å². The molecule has 1 aliphatic rings. The molecule has 0 unspecified atom stereocenters. The number of hydrogen-bond acceptors (Lipinski definition) is 1. The number of nitrogens with two attached hydrogens (primary N) is 1. The van der Waals surface area contributed by atoms with E-state index in [1.165, 1.54) is 22.3 Å². The Labute approximate surface area is 146 Å². The van der Waals surface area contributed by atoms with Crippen molar-refractivity contribution >= 4 is 16.8 Å². The van der Waals surface area contributed by atoms with E-state index in [9.17, 15) is 4.79 Å². The molecule has 1 aromatic heterocycles. The number of hydrogen-bond donors (Lipinski definition) is 2. The molecule has 1 aliphatic carbocycles. The molecule has 1 amide bonds. The fraction of sp³-hybridized carbons (Fsp3) is 0.0455. The molecule has 0 saturated heterocycles. The van der Waals surface area contributed by atoms with E-state index in [1.54, 1.807) is 6.07 Å². The first kappa shape index (κ1) is 15.2. The summed E-state index contributed by atoms with van der Waals surface area (Å²) in [5.74, 6) is -0.425. The Balaban J connectivity index is 0.000000126. The van der Waals surface area contributed by atoms with Gasteiger partial charge in [-0.1, -0.05) is 66.7 Å². The van der Waals surface area contributed by atoms with Crippen molar-refractivity contribution in [2.24, 2.45) is 5.73 Å². The van der Waals surface area contributed by atoms with Crippen LogP contribution in [0.1, 0.15) is 21.6 Å². The fourth-order valence-corrected chi connectivity index (χ4v) is 3.29. The quantitative estimate of drug-likeness (QED) is 0.467. The first-order valence-electron chi connectivity index (χ1n) is 8.26. The maximum Gasteiger partial charge on any atom is 0.265 e.